The molecule has 0 saturated heterocycles. The van der Waals surface area contributed by atoms with Crippen LogP contribution in [0.2, 0.25) is 0 Å². The van der Waals surface area contributed by atoms with E-state index in [1.165, 1.54) is 16.7 Å². The summed E-state index contributed by atoms with van der Waals surface area (Å²) in [6.07, 6.45) is 0. The van der Waals surface area contributed by atoms with Gasteiger partial charge in [0, 0.05) is 12.6 Å². The van der Waals surface area contributed by atoms with Crippen LogP contribution in [0.15, 0.2) is 48.5 Å². The Morgan fingerprint density at radius 3 is 2.41 bits per heavy atom. The van der Waals surface area contributed by atoms with Gasteiger partial charge in [-0.1, -0.05) is 56.3 Å². The number of hydrogen-bond donors (Lipinski definition) is 1. The van der Waals surface area contributed by atoms with Crippen LogP contribution in [0.4, 0.5) is 0 Å². The first-order valence-electron chi connectivity index (χ1n) is 8.09. The van der Waals surface area contributed by atoms with Gasteiger partial charge in [-0.3, -0.25) is 0 Å². The van der Waals surface area contributed by atoms with E-state index in [9.17, 15) is 0 Å². The Morgan fingerprint density at radius 1 is 1.00 bits per heavy atom. The van der Waals surface area contributed by atoms with Gasteiger partial charge in [-0.15, -0.1) is 0 Å². The van der Waals surface area contributed by atoms with Crippen LogP contribution in [0, 0.1) is 6.92 Å². The molecule has 2 aromatic rings. The maximum atomic E-state index is 6.00. The van der Waals surface area contributed by atoms with Crippen molar-refractivity contribution in [2.24, 2.45) is 0 Å². The highest BCUT2D eigenvalue weighted by molar-refractivity contribution is 5.39. The molecule has 0 bridgehead atoms. The lowest BCUT2D eigenvalue weighted by Gasteiger charge is -2.17. The van der Waals surface area contributed by atoms with Crippen LogP contribution in [0.5, 0.6) is 5.75 Å². The Morgan fingerprint density at radius 2 is 1.73 bits per heavy atom. The molecule has 0 heterocycles. The minimum absolute atomic E-state index is 0.340. The predicted molar refractivity (Wildman–Crippen MR) is 93.6 cm³/mol. The van der Waals surface area contributed by atoms with Crippen LogP contribution in [0.3, 0.4) is 0 Å². The first-order valence-corrected chi connectivity index (χ1v) is 8.09. The molecule has 1 unspecified atom stereocenters. The molecule has 0 saturated carbocycles. The van der Waals surface area contributed by atoms with Crippen molar-refractivity contribution in [2.45, 2.75) is 39.7 Å². The van der Waals surface area contributed by atoms with Crippen LogP contribution in [0.25, 0.3) is 0 Å². The highest BCUT2D eigenvalue weighted by atomic mass is 16.5. The third kappa shape index (κ3) is 4.60. The average molecular weight is 297 g/mol. The molecule has 1 N–H and O–H groups in total. The first kappa shape index (κ1) is 16.6. The number of rotatable bonds is 7. The molecule has 22 heavy (non-hydrogen) atoms. The summed E-state index contributed by atoms with van der Waals surface area (Å²) in [5.41, 5.74) is 3.83. The van der Waals surface area contributed by atoms with Crippen molar-refractivity contribution in [3.05, 3.63) is 65.2 Å². The van der Waals surface area contributed by atoms with Crippen LogP contribution in [0.1, 0.15) is 49.4 Å². The monoisotopic (exact) mass is 297 g/mol. The Labute approximate surface area is 134 Å². The third-order valence-corrected chi connectivity index (χ3v) is 3.90. The summed E-state index contributed by atoms with van der Waals surface area (Å²) in [5.74, 6) is 1.50. The lowest BCUT2D eigenvalue weighted by atomic mass is 10.0. The number of hydrogen-bond acceptors (Lipinski definition) is 2. The molecular weight excluding hydrogens is 270 g/mol. The molecule has 2 nitrogen and oxygen atoms in total. The second-order valence-corrected chi connectivity index (χ2v) is 6.13. The van der Waals surface area contributed by atoms with E-state index in [0.717, 1.165) is 12.3 Å². The van der Waals surface area contributed by atoms with Gasteiger partial charge in [0.25, 0.3) is 0 Å². The van der Waals surface area contributed by atoms with Gasteiger partial charge in [0.05, 0.1) is 0 Å². The summed E-state index contributed by atoms with van der Waals surface area (Å²) in [7, 11) is 0. The molecule has 1 atom stereocenters. The van der Waals surface area contributed by atoms with Crippen molar-refractivity contribution < 1.29 is 4.74 Å². The zero-order valence-electron chi connectivity index (χ0n) is 14.1. The van der Waals surface area contributed by atoms with Crippen LogP contribution in [-0.4, -0.2) is 13.2 Å². The highest BCUT2D eigenvalue weighted by Gasteiger charge is 2.08. The van der Waals surface area contributed by atoms with Gasteiger partial charge in [0.2, 0.25) is 0 Å². The quantitative estimate of drug-likeness (QED) is 0.738. The average Bonchev–Trinajstić information content (AvgIpc) is 2.52. The summed E-state index contributed by atoms with van der Waals surface area (Å²) in [5, 5.41) is 3.51. The van der Waals surface area contributed by atoms with E-state index < -0.39 is 0 Å². The molecule has 0 radical (unpaired) electrons. The molecule has 2 rings (SSSR count). The Hall–Kier alpha value is -1.80. The maximum Gasteiger partial charge on any atom is 0.123 e. The van der Waals surface area contributed by atoms with Crippen molar-refractivity contribution in [3.8, 4) is 5.75 Å². The fourth-order valence-electron chi connectivity index (χ4n) is 2.54. The van der Waals surface area contributed by atoms with E-state index in [-0.39, 0.29) is 0 Å². The van der Waals surface area contributed by atoms with Crippen LogP contribution >= 0.6 is 0 Å². The van der Waals surface area contributed by atoms with Gasteiger partial charge in [0.15, 0.2) is 0 Å². The van der Waals surface area contributed by atoms with E-state index in [4.69, 9.17) is 4.74 Å². The van der Waals surface area contributed by atoms with Gasteiger partial charge in [-0.25, -0.2) is 0 Å². The molecule has 0 amide bonds. The highest BCUT2D eigenvalue weighted by Crippen LogP contribution is 2.27. The van der Waals surface area contributed by atoms with Crippen molar-refractivity contribution in [3.63, 3.8) is 0 Å². The number of nitrogens with one attached hydrogen (secondary N) is 1. The molecule has 0 spiro atoms. The SMILES string of the molecule is Cc1ccc(C(C)C)c(OCCNC(C)c2ccccc2)c1. The Kier molecular flexibility index (Phi) is 6.02. The standard InChI is InChI=1S/C20H27NO/c1-15(2)19-11-10-16(3)14-20(19)22-13-12-21-17(4)18-8-6-5-7-9-18/h5-11,14-15,17,21H,12-13H2,1-4H3. The predicted octanol–water partition coefficient (Wildman–Crippen LogP) is 4.85. The summed E-state index contributed by atoms with van der Waals surface area (Å²) in [4.78, 5) is 0. The second-order valence-electron chi connectivity index (χ2n) is 6.13. The first-order chi connectivity index (χ1) is 10.6. The van der Waals surface area contributed by atoms with Gasteiger partial charge in [0.1, 0.15) is 12.4 Å². The molecule has 2 aromatic carbocycles. The summed E-state index contributed by atoms with van der Waals surface area (Å²) in [6.45, 7) is 10.2. The lowest BCUT2D eigenvalue weighted by molar-refractivity contribution is 0.303. The van der Waals surface area contributed by atoms with Gasteiger partial charge in [-0.05, 0) is 42.5 Å². The van der Waals surface area contributed by atoms with Gasteiger partial charge in [-0.2, -0.15) is 0 Å². The van der Waals surface area contributed by atoms with Crippen molar-refractivity contribution in [1.82, 2.24) is 5.32 Å². The maximum absolute atomic E-state index is 6.00. The normalized spacial score (nSPS) is 12.4. The summed E-state index contributed by atoms with van der Waals surface area (Å²) < 4.78 is 6.00. The van der Waals surface area contributed by atoms with E-state index in [1.54, 1.807) is 0 Å². The van der Waals surface area contributed by atoms with E-state index in [2.05, 4.69) is 75.5 Å². The van der Waals surface area contributed by atoms with Crippen LogP contribution < -0.4 is 10.1 Å². The van der Waals surface area contributed by atoms with Gasteiger partial charge >= 0.3 is 0 Å². The van der Waals surface area contributed by atoms with Gasteiger partial charge < -0.3 is 10.1 Å². The fraction of sp³-hybridized carbons (Fsp3) is 0.400. The van der Waals surface area contributed by atoms with E-state index >= 15 is 0 Å². The Bertz CT molecular complexity index is 578. The third-order valence-electron chi connectivity index (χ3n) is 3.90. The zero-order chi connectivity index (χ0) is 15.9. The molecule has 0 aliphatic heterocycles. The molecule has 2 heteroatoms. The van der Waals surface area contributed by atoms with Crippen molar-refractivity contribution in [2.75, 3.05) is 13.2 Å². The minimum atomic E-state index is 0.340. The van der Waals surface area contributed by atoms with Crippen molar-refractivity contribution in [1.29, 1.82) is 0 Å². The molecule has 118 valence electrons. The molecule has 0 fully saturated rings. The van der Waals surface area contributed by atoms with Crippen LogP contribution in [-0.2, 0) is 0 Å². The smallest absolute Gasteiger partial charge is 0.123 e. The minimum Gasteiger partial charge on any atom is -0.492 e. The number of benzene rings is 2. The summed E-state index contributed by atoms with van der Waals surface area (Å²) in [6, 6.07) is 17.3. The second kappa shape index (κ2) is 8.00. The zero-order valence-corrected chi connectivity index (χ0v) is 14.1. The molecule has 0 aliphatic rings. The number of aryl methyl sites for hydroxylation is 1. The largest absolute Gasteiger partial charge is 0.492 e. The molecule has 0 aromatic heterocycles. The number of ether oxygens (including phenoxy) is 1. The lowest BCUT2D eigenvalue weighted by Crippen LogP contribution is -2.24. The Balaban J connectivity index is 1.85. The topological polar surface area (TPSA) is 21.3 Å². The van der Waals surface area contributed by atoms with Crippen molar-refractivity contribution >= 4 is 0 Å². The van der Waals surface area contributed by atoms with E-state index in [0.29, 0.717) is 18.6 Å². The molecular formula is C20H27NO. The fourth-order valence-corrected chi connectivity index (χ4v) is 2.54. The van der Waals surface area contributed by atoms with E-state index in [1.807, 2.05) is 6.07 Å². The molecule has 0 aliphatic carbocycles. The summed E-state index contributed by atoms with van der Waals surface area (Å²) >= 11 is 0.